The van der Waals surface area contributed by atoms with Gasteiger partial charge in [0.05, 0.1) is 0 Å². The van der Waals surface area contributed by atoms with Crippen LogP contribution in [0.2, 0.25) is 0 Å². The van der Waals surface area contributed by atoms with E-state index in [4.69, 9.17) is 4.74 Å². The van der Waals surface area contributed by atoms with E-state index in [1.165, 1.54) is 13.2 Å². The van der Waals surface area contributed by atoms with Gasteiger partial charge in [0.25, 0.3) is 0 Å². The Morgan fingerprint density at radius 2 is 2.54 bits per heavy atom. The number of hydrogen-bond acceptors (Lipinski definition) is 4. The van der Waals surface area contributed by atoms with Crippen molar-refractivity contribution in [3.8, 4) is 0 Å². The molecule has 0 fully saturated rings. The molecular formula is C7H9N3O3. The standard InChI is InChI=1S/C7H9N3O3/c1-3-5-6(4-13-2)9-7(8-5)10(11)12/h3H,1,4H2,2H3,(H,8,9). The summed E-state index contributed by atoms with van der Waals surface area (Å²) in [7, 11) is 1.50. The van der Waals surface area contributed by atoms with Gasteiger partial charge in [0, 0.05) is 7.11 Å². The summed E-state index contributed by atoms with van der Waals surface area (Å²) in [5.74, 6) is -0.290. The lowest BCUT2D eigenvalue weighted by Crippen LogP contribution is -1.91. The van der Waals surface area contributed by atoms with Crippen molar-refractivity contribution in [3.63, 3.8) is 0 Å². The molecule has 1 aromatic rings. The first-order chi connectivity index (χ1) is 6.19. The normalized spacial score (nSPS) is 9.92. The van der Waals surface area contributed by atoms with Crippen LogP contribution in [-0.4, -0.2) is 22.0 Å². The van der Waals surface area contributed by atoms with Crippen molar-refractivity contribution >= 4 is 12.0 Å². The molecule has 0 aliphatic heterocycles. The van der Waals surface area contributed by atoms with E-state index in [1.54, 1.807) is 0 Å². The molecule has 0 aliphatic carbocycles. The Morgan fingerprint density at radius 3 is 3.00 bits per heavy atom. The summed E-state index contributed by atoms with van der Waals surface area (Å²) in [4.78, 5) is 16.0. The number of aromatic amines is 1. The van der Waals surface area contributed by atoms with Gasteiger partial charge in [-0.2, -0.15) is 0 Å². The van der Waals surface area contributed by atoms with E-state index in [1.807, 2.05) is 0 Å². The van der Waals surface area contributed by atoms with Crippen LogP contribution in [0.25, 0.3) is 6.08 Å². The van der Waals surface area contributed by atoms with Crippen molar-refractivity contribution in [3.05, 3.63) is 28.1 Å². The van der Waals surface area contributed by atoms with Crippen LogP contribution in [-0.2, 0) is 11.3 Å². The van der Waals surface area contributed by atoms with Crippen molar-refractivity contribution in [2.24, 2.45) is 0 Å². The van der Waals surface area contributed by atoms with Gasteiger partial charge in [-0.05, 0) is 11.0 Å². The highest BCUT2D eigenvalue weighted by Crippen LogP contribution is 2.13. The summed E-state index contributed by atoms with van der Waals surface area (Å²) >= 11 is 0. The Labute approximate surface area is 74.4 Å². The van der Waals surface area contributed by atoms with Crippen molar-refractivity contribution in [1.29, 1.82) is 0 Å². The van der Waals surface area contributed by atoms with Gasteiger partial charge in [-0.1, -0.05) is 11.6 Å². The zero-order valence-electron chi connectivity index (χ0n) is 7.11. The molecule has 0 saturated heterocycles. The van der Waals surface area contributed by atoms with Crippen molar-refractivity contribution in [2.45, 2.75) is 6.61 Å². The Balaban J connectivity index is 3.03. The molecule has 0 bridgehead atoms. The van der Waals surface area contributed by atoms with E-state index in [-0.39, 0.29) is 12.6 Å². The second kappa shape index (κ2) is 3.81. The van der Waals surface area contributed by atoms with Gasteiger partial charge in [0.1, 0.15) is 12.3 Å². The lowest BCUT2D eigenvalue weighted by atomic mass is 10.3. The zero-order valence-corrected chi connectivity index (χ0v) is 7.11. The smallest absolute Gasteiger partial charge is 0.390 e. The Morgan fingerprint density at radius 1 is 1.85 bits per heavy atom. The summed E-state index contributed by atoms with van der Waals surface area (Å²) in [6, 6.07) is 0. The highest BCUT2D eigenvalue weighted by molar-refractivity contribution is 5.46. The minimum atomic E-state index is -0.591. The molecule has 13 heavy (non-hydrogen) atoms. The average molecular weight is 183 g/mol. The minimum absolute atomic E-state index is 0.252. The van der Waals surface area contributed by atoms with Crippen LogP contribution in [0.3, 0.4) is 0 Å². The summed E-state index contributed by atoms with van der Waals surface area (Å²) < 4.78 is 4.82. The zero-order chi connectivity index (χ0) is 9.84. The molecule has 70 valence electrons. The molecule has 0 aromatic carbocycles. The largest absolute Gasteiger partial charge is 0.433 e. The Kier molecular flexibility index (Phi) is 2.76. The fourth-order valence-electron chi connectivity index (χ4n) is 0.918. The van der Waals surface area contributed by atoms with E-state index in [0.29, 0.717) is 11.4 Å². The first kappa shape index (κ1) is 9.40. The molecule has 1 aromatic heterocycles. The molecule has 0 radical (unpaired) electrons. The monoisotopic (exact) mass is 183 g/mol. The van der Waals surface area contributed by atoms with Crippen LogP contribution in [0.1, 0.15) is 11.4 Å². The van der Waals surface area contributed by atoms with Gasteiger partial charge >= 0.3 is 5.95 Å². The number of imidazole rings is 1. The fraction of sp³-hybridized carbons (Fsp3) is 0.286. The van der Waals surface area contributed by atoms with Crippen molar-refractivity contribution in [2.75, 3.05) is 7.11 Å². The summed E-state index contributed by atoms with van der Waals surface area (Å²) in [6.45, 7) is 3.74. The maximum absolute atomic E-state index is 10.3. The number of hydrogen-bond donors (Lipinski definition) is 1. The second-order valence-electron chi connectivity index (χ2n) is 2.32. The van der Waals surface area contributed by atoms with Crippen LogP contribution >= 0.6 is 0 Å². The van der Waals surface area contributed by atoms with E-state index >= 15 is 0 Å². The molecular weight excluding hydrogens is 174 g/mol. The summed E-state index contributed by atoms with van der Waals surface area (Å²) in [5, 5.41) is 10.3. The van der Waals surface area contributed by atoms with Crippen LogP contribution in [0.15, 0.2) is 6.58 Å². The summed E-state index contributed by atoms with van der Waals surface area (Å²) in [6.07, 6.45) is 1.44. The van der Waals surface area contributed by atoms with Gasteiger partial charge in [0.15, 0.2) is 5.69 Å². The molecule has 0 unspecified atom stereocenters. The number of methoxy groups -OCH3 is 1. The number of nitrogens with zero attached hydrogens (tertiary/aromatic N) is 2. The summed E-state index contributed by atoms with van der Waals surface area (Å²) in [5.41, 5.74) is 1.01. The van der Waals surface area contributed by atoms with Gasteiger partial charge in [-0.25, -0.2) is 4.98 Å². The van der Waals surface area contributed by atoms with Crippen LogP contribution in [0.5, 0.6) is 0 Å². The number of H-pyrrole nitrogens is 1. The minimum Gasteiger partial charge on any atom is -0.390 e. The van der Waals surface area contributed by atoms with E-state index < -0.39 is 4.92 Å². The molecule has 0 amide bonds. The van der Waals surface area contributed by atoms with Gasteiger partial charge in [-0.15, -0.1) is 0 Å². The number of rotatable bonds is 4. The molecule has 1 N–H and O–H groups in total. The van der Waals surface area contributed by atoms with Crippen LogP contribution in [0, 0.1) is 10.1 Å². The fourth-order valence-corrected chi connectivity index (χ4v) is 0.918. The van der Waals surface area contributed by atoms with E-state index in [9.17, 15) is 10.1 Å². The molecule has 1 rings (SSSR count). The van der Waals surface area contributed by atoms with Crippen molar-refractivity contribution < 1.29 is 9.66 Å². The third kappa shape index (κ3) is 1.91. The lowest BCUT2D eigenvalue weighted by molar-refractivity contribution is -0.393. The maximum Gasteiger partial charge on any atom is 0.433 e. The predicted molar refractivity (Wildman–Crippen MR) is 46.0 cm³/mol. The Hall–Kier alpha value is -1.69. The van der Waals surface area contributed by atoms with E-state index in [2.05, 4.69) is 16.5 Å². The highest BCUT2D eigenvalue weighted by atomic mass is 16.6. The van der Waals surface area contributed by atoms with Gasteiger partial charge < -0.3 is 14.9 Å². The molecule has 0 saturated carbocycles. The first-order valence-corrected chi connectivity index (χ1v) is 3.53. The predicted octanol–water partition coefficient (Wildman–Crippen LogP) is 1.11. The molecule has 6 heteroatoms. The molecule has 6 nitrogen and oxygen atoms in total. The first-order valence-electron chi connectivity index (χ1n) is 3.53. The third-order valence-electron chi connectivity index (χ3n) is 1.45. The SMILES string of the molecule is C=Cc1nc([N+](=O)[O-])[nH]c1COC. The van der Waals surface area contributed by atoms with Crippen LogP contribution < -0.4 is 0 Å². The van der Waals surface area contributed by atoms with Crippen molar-refractivity contribution in [1.82, 2.24) is 9.97 Å². The molecule has 0 aliphatic rings. The number of nitrogens with one attached hydrogen (secondary N) is 1. The van der Waals surface area contributed by atoms with Gasteiger partial charge in [0.2, 0.25) is 0 Å². The third-order valence-corrected chi connectivity index (χ3v) is 1.45. The lowest BCUT2D eigenvalue weighted by Gasteiger charge is -1.90. The van der Waals surface area contributed by atoms with E-state index in [0.717, 1.165) is 0 Å². The average Bonchev–Trinajstić information content (AvgIpc) is 2.48. The maximum atomic E-state index is 10.3. The molecule has 1 heterocycles. The van der Waals surface area contributed by atoms with Gasteiger partial charge in [-0.3, -0.25) is 0 Å². The molecule has 0 spiro atoms. The quantitative estimate of drug-likeness (QED) is 0.560. The number of nitro groups is 1. The highest BCUT2D eigenvalue weighted by Gasteiger charge is 2.16. The number of ether oxygens (including phenoxy) is 1. The second-order valence-corrected chi connectivity index (χ2v) is 2.32. The Bertz CT molecular complexity index is 332. The number of aromatic nitrogens is 2. The molecule has 0 atom stereocenters. The van der Waals surface area contributed by atoms with Crippen LogP contribution in [0.4, 0.5) is 5.95 Å². The topological polar surface area (TPSA) is 81.0 Å².